The van der Waals surface area contributed by atoms with Gasteiger partial charge >= 0.3 is 0 Å². The maximum atomic E-state index is 12.1. The van der Waals surface area contributed by atoms with Gasteiger partial charge in [-0.3, -0.25) is 9.10 Å². The fourth-order valence-corrected chi connectivity index (χ4v) is 3.40. The van der Waals surface area contributed by atoms with Crippen LogP contribution in [-0.4, -0.2) is 20.5 Å². The third-order valence-corrected chi connectivity index (χ3v) is 4.81. The van der Waals surface area contributed by atoms with Crippen molar-refractivity contribution in [2.24, 2.45) is 0 Å². The molecule has 0 radical (unpaired) electrons. The van der Waals surface area contributed by atoms with Gasteiger partial charge in [0, 0.05) is 10.0 Å². The Labute approximate surface area is 138 Å². The molecule has 0 N–H and O–H groups in total. The maximum absolute atomic E-state index is 12.1. The molecule has 0 spiro atoms. The Balaban J connectivity index is 2.37. The molecule has 0 bridgehead atoms. The summed E-state index contributed by atoms with van der Waals surface area (Å²) in [5.74, 6) is -0.0514. The molecule has 0 unspecified atom stereocenters. The van der Waals surface area contributed by atoms with Crippen molar-refractivity contribution in [3.63, 3.8) is 0 Å². The monoisotopic (exact) mass is 381 g/mol. The number of Topliss-reactive ketones (excluding diaryl/α,β-unsaturated/α-hetero) is 1. The summed E-state index contributed by atoms with van der Waals surface area (Å²) >= 11 is 3.38. The molecule has 2 aromatic carbocycles. The van der Waals surface area contributed by atoms with Gasteiger partial charge in [-0.05, 0) is 48.9 Å². The fourth-order valence-electron chi connectivity index (χ4n) is 2.06. The van der Waals surface area contributed by atoms with Gasteiger partial charge in [0.05, 0.1) is 18.5 Å². The number of carbonyl (C=O) groups is 1. The van der Waals surface area contributed by atoms with E-state index in [2.05, 4.69) is 15.9 Å². The number of hydrogen-bond donors (Lipinski definition) is 0. The molecule has 2 rings (SSSR count). The second kappa shape index (κ2) is 6.62. The summed E-state index contributed by atoms with van der Waals surface area (Å²) in [7, 11) is -3.43. The zero-order valence-corrected chi connectivity index (χ0v) is 14.7. The van der Waals surface area contributed by atoms with Gasteiger partial charge in [-0.15, -0.1) is 0 Å². The van der Waals surface area contributed by atoms with Crippen molar-refractivity contribution >= 4 is 37.4 Å². The van der Waals surface area contributed by atoms with E-state index >= 15 is 0 Å². The first kappa shape index (κ1) is 16.7. The number of carbonyl (C=O) groups excluding carboxylic acids is 1. The van der Waals surface area contributed by atoms with Gasteiger partial charge < -0.3 is 0 Å². The normalized spacial score (nSPS) is 11.2. The van der Waals surface area contributed by atoms with Crippen molar-refractivity contribution in [2.45, 2.75) is 13.5 Å². The smallest absolute Gasteiger partial charge is 0.232 e. The molecular formula is C16H16BrNO3S. The Morgan fingerprint density at radius 1 is 1.14 bits per heavy atom. The summed E-state index contributed by atoms with van der Waals surface area (Å²) in [5.41, 5.74) is 1.96. The molecular weight excluding hydrogens is 366 g/mol. The van der Waals surface area contributed by atoms with Gasteiger partial charge in [-0.2, -0.15) is 0 Å². The maximum Gasteiger partial charge on any atom is 0.232 e. The molecule has 0 aliphatic heterocycles. The number of rotatable bonds is 5. The molecule has 0 fully saturated rings. The molecule has 0 aliphatic rings. The lowest BCUT2D eigenvalue weighted by molar-refractivity contribution is 0.101. The minimum absolute atomic E-state index is 0.0514. The summed E-state index contributed by atoms with van der Waals surface area (Å²) < 4.78 is 26.4. The number of ketones is 1. The molecule has 0 heterocycles. The molecule has 0 aromatic heterocycles. The van der Waals surface area contributed by atoms with Crippen molar-refractivity contribution in [3.05, 3.63) is 64.1 Å². The van der Waals surface area contributed by atoms with Crippen LogP contribution >= 0.6 is 15.9 Å². The van der Waals surface area contributed by atoms with Gasteiger partial charge in [-0.1, -0.05) is 28.1 Å². The Morgan fingerprint density at radius 2 is 1.77 bits per heavy atom. The van der Waals surface area contributed by atoms with Crippen molar-refractivity contribution in [1.82, 2.24) is 0 Å². The SMILES string of the molecule is CC(=O)c1ccc(N(Cc2cccc(Br)c2)S(C)(=O)=O)cc1. The number of sulfonamides is 1. The standard InChI is InChI=1S/C16H16BrNO3S/c1-12(19)14-6-8-16(9-7-14)18(22(2,20)21)11-13-4-3-5-15(17)10-13/h3-10H,11H2,1-2H3. The van der Waals surface area contributed by atoms with E-state index in [0.717, 1.165) is 10.0 Å². The average Bonchev–Trinajstić information content (AvgIpc) is 2.44. The summed E-state index contributed by atoms with van der Waals surface area (Å²) in [6, 6.07) is 14.1. The number of nitrogens with zero attached hydrogens (tertiary/aromatic N) is 1. The minimum atomic E-state index is -3.43. The first-order chi connectivity index (χ1) is 10.3. The molecule has 22 heavy (non-hydrogen) atoms. The van der Waals surface area contributed by atoms with Crippen LogP contribution in [0.3, 0.4) is 0 Å². The quantitative estimate of drug-likeness (QED) is 0.743. The summed E-state index contributed by atoms with van der Waals surface area (Å²) in [4.78, 5) is 11.3. The molecule has 0 amide bonds. The van der Waals surface area contributed by atoms with E-state index in [9.17, 15) is 13.2 Å². The molecule has 6 heteroatoms. The van der Waals surface area contributed by atoms with Crippen molar-refractivity contribution in [2.75, 3.05) is 10.6 Å². The predicted octanol–water partition coefficient (Wildman–Crippen LogP) is 3.62. The third-order valence-electron chi connectivity index (χ3n) is 3.18. The van der Waals surface area contributed by atoms with Gasteiger partial charge in [0.2, 0.25) is 10.0 Å². The van der Waals surface area contributed by atoms with Crippen LogP contribution in [0.15, 0.2) is 53.0 Å². The van der Waals surface area contributed by atoms with Crippen LogP contribution in [0.4, 0.5) is 5.69 Å². The van der Waals surface area contributed by atoms with Crippen LogP contribution in [0.1, 0.15) is 22.8 Å². The highest BCUT2D eigenvalue weighted by Gasteiger charge is 2.18. The molecule has 0 saturated heterocycles. The Morgan fingerprint density at radius 3 is 2.27 bits per heavy atom. The zero-order valence-electron chi connectivity index (χ0n) is 12.3. The zero-order chi connectivity index (χ0) is 16.3. The lowest BCUT2D eigenvalue weighted by Gasteiger charge is -2.22. The van der Waals surface area contributed by atoms with Crippen LogP contribution in [-0.2, 0) is 16.6 Å². The van der Waals surface area contributed by atoms with Crippen molar-refractivity contribution < 1.29 is 13.2 Å². The van der Waals surface area contributed by atoms with Gasteiger partial charge in [0.1, 0.15) is 0 Å². The van der Waals surface area contributed by atoms with E-state index in [0.29, 0.717) is 11.3 Å². The Kier molecular flexibility index (Phi) is 5.03. The highest BCUT2D eigenvalue weighted by molar-refractivity contribution is 9.10. The summed E-state index contributed by atoms with van der Waals surface area (Å²) in [6.45, 7) is 1.71. The largest absolute Gasteiger partial charge is 0.295 e. The molecule has 0 aliphatic carbocycles. The molecule has 0 saturated carbocycles. The Bertz CT molecular complexity index is 785. The predicted molar refractivity (Wildman–Crippen MR) is 91.6 cm³/mol. The second-order valence-electron chi connectivity index (χ2n) is 5.00. The average molecular weight is 382 g/mol. The van der Waals surface area contributed by atoms with E-state index in [4.69, 9.17) is 0 Å². The van der Waals surface area contributed by atoms with Crippen LogP contribution in [0, 0.1) is 0 Å². The minimum Gasteiger partial charge on any atom is -0.295 e. The lowest BCUT2D eigenvalue weighted by atomic mass is 10.1. The summed E-state index contributed by atoms with van der Waals surface area (Å²) in [6.07, 6.45) is 1.17. The number of benzene rings is 2. The number of hydrogen-bond acceptors (Lipinski definition) is 3. The molecule has 116 valence electrons. The Hall–Kier alpha value is -1.66. The topological polar surface area (TPSA) is 54.5 Å². The number of halogens is 1. The molecule has 0 atom stereocenters. The van der Waals surface area contributed by atoms with Gasteiger partial charge in [-0.25, -0.2) is 8.42 Å². The van der Waals surface area contributed by atoms with Gasteiger partial charge in [0.25, 0.3) is 0 Å². The van der Waals surface area contributed by atoms with E-state index in [1.165, 1.54) is 17.5 Å². The van der Waals surface area contributed by atoms with Crippen LogP contribution < -0.4 is 4.31 Å². The highest BCUT2D eigenvalue weighted by Crippen LogP contribution is 2.22. The van der Waals surface area contributed by atoms with Crippen molar-refractivity contribution in [1.29, 1.82) is 0 Å². The fraction of sp³-hybridized carbons (Fsp3) is 0.188. The van der Waals surface area contributed by atoms with Gasteiger partial charge in [0.15, 0.2) is 5.78 Å². The van der Waals surface area contributed by atoms with Crippen LogP contribution in [0.2, 0.25) is 0 Å². The summed E-state index contributed by atoms with van der Waals surface area (Å²) in [5, 5.41) is 0. The van der Waals surface area contributed by atoms with Crippen molar-refractivity contribution in [3.8, 4) is 0 Å². The van der Waals surface area contributed by atoms with E-state index < -0.39 is 10.0 Å². The lowest BCUT2D eigenvalue weighted by Crippen LogP contribution is -2.29. The first-order valence-electron chi connectivity index (χ1n) is 6.60. The second-order valence-corrected chi connectivity index (χ2v) is 7.83. The van der Waals surface area contributed by atoms with E-state index in [-0.39, 0.29) is 12.3 Å². The third kappa shape index (κ3) is 4.18. The first-order valence-corrected chi connectivity index (χ1v) is 9.24. The molecule has 4 nitrogen and oxygen atoms in total. The number of anilines is 1. The van der Waals surface area contributed by atoms with E-state index in [1.807, 2.05) is 24.3 Å². The van der Waals surface area contributed by atoms with E-state index in [1.54, 1.807) is 24.3 Å². The van der Waals surface area contributed by atoms with Crippen LogP contribution in [0.5, 0.6) is 0 Å². The highest BCUT2D eigenvalue weighted by atomic mass is 79.9. The van der Waals surface area contributed by atoms with Crippen LogP contribution in [0.25, 0.3) is 0 Å². The molecule has 2 aromatic rings.